The highest BCUT2D eigenvalue weighted by atomic mass is 35.5. The Kier molecular flexibility index (Phi) is 3.84. The summed E-state index contributed by atoms with van der Waals surface area (Å²) in [6.45, 7) is 1.24. The highest BCUT2D eigenvalue weighted by Gasteiger charge is 2.43. The van der Waals surface area contributed by atoms with Crippen molar-refractivity contribution in [2.45, 2.75) is 18.4 Å². The van der Waals surface area contributed by atoms with Crippen LogP contribution in [0.25, 0.3) is 10.9 Å². The average molecular weight is 357 g/mol. The summed E-state index contributed by atoms with van der Waals surface area (Å²) in [6.07, 6.45) is 5.93. The number of anilines is 1. The second-order valence-corrected chi connectivity index (χ2v) is 6.74. The van der Waals surface area contributed by atoms with Gasteiger partial charge in [0.05, 0.1) is 11.8 Å². The molecule has 1 aromatic carbocycles. The highest BCUT2D eigenvalue weighted by Crippen LogP contribution is 2.33. The molecule has 2 aromatic heterocycles. The fourth-order valence-corrected chi connectivity index (χ4v) is 3.64. The number of carbonyl (C=O) groups is 1. The zero-order valence-electron chi connectivity index (χ0n) is 13.5. The number of aromatic nitrogens is 3. The van der Waals surface area contributed by atoms with Gasteiger partial charge in [-0.1, -0.05) is 11.6 Å². The first kappa shape index (κ1) is 15.9. The second kappa shape index (κ2) is 6.04. The first-order valence-electron chi connectivity index (χ1n) is 8.12. The molecular weight excluding hydrogens is 340 g/mol. The SMILES string of the molecule is O=C(O)C1(n2ccnc2)CCN(c2ccc3cc(Cl)ccc3n2)CC1. The Balaban J connectivity index is 1.59. The van der Waals surface area contributed by atoms with E-state index in [4.69, 9.17) is 16.6 Å². The molecule has 1 saturated heterocycles. The fourth-order valence-electron chi connectivity index (χ4n) is 3.46. The lowest BCUT2D eigenvalue weighted by molar-refractivity contribution is -0.148. The highest BCUT2D eigenvalue weighted by molar-refractivity contribution is 6.31. The maximum absolute atomic E-state index is 11.9. The van der Waals surface area contributed by atoms with Gasteiger partial charge in [0.2, 0.25) is 0 Å². The molecule has 0 saturated carbocycles. The van der Waals surface area contributed by atoms with Crippen LogP contribution in [0.4, 0.5) is 5.82 Å². The van der Waals surface area contributed by atoms with E-state index in [1.54, 1.807) is 23.3 Å². The molecule has 128 valence electrons. The largest absolute Gasteiger partial charge is 0.479 e. The number of nitrogens with zero attached hydrogens (tertiary/aromatic N) is 4. The van der Waals surface area contributed by atoms with Crippen LogP contribution in [0.5, 0.6) is 0 Å². The molecular formula is C18H17ClN4O2. The van der Waals surface area contributed by atoms with Gasteiger partial charge >= 0.3 is 5.97 Å². The molecule has 0 atom stereocenters. The first-order valence-corrected chi connectivity index (χ1v) is 8.49. The van der Waals surface area contributed by atoms with E-state index in [9.17, 15) is 9.90 Å². The van der Waals surface area contributed by atoms with Gasteiger partial charge in [0, 0.05) is 35.9 Å². The smallest absolute Gasteiger partial charge is 0.330 e. The van der Waals surface area contributed by atoms with Crippen molar-refractivity contribution in [2.75, 3.05) is 18.0 Å². The molecule has 0 bridgehead atoms. The number of carboxylic acid groups (broad SMARTS) is 1. The van der Waals surface area contributed by atoms with Gasteiger partial charge in [-0.15, -0.1) is 0 Å². The van der Waals surface area contributed by atoms with Gasteiger partial charge in [0.15, 0.2) is 0 Å². The minimum atomic E-state index is -0.933. The monoisotopic (exact) mass is 356 g/mol. The normalized spacial score (nSPS) is 16.9. The number of benzene rings is 1. The van der Waals surface area contributed by atoms with Gasteiger partial charge in [-0.3, -0.25) is 0 Å². The van der Waals surface area contributed by atoms with Gasteiger partial charge in [0.25, 0.3) is 0 Å². The molecule has 0 unspecified atom stereocenters. The van der Waals surface area contributed by atoms with E-state index in [-0.39, 0.29) is 0 Å². The summed E-state index contributed by atoms with van der Waals surface area (Å²) < 4.78 is 1.71. The van der Waals surface area contributed by atoms with E-state index < -0.39 is 11.5 Å². The first-order chi connectivity index (χ1) is 12.1. The van der Waals surface area contributed by atoms with E-state index in [0.717, 1.165) is 16.7 Å². The lowest BCUT2D eigenvalue weighted by Gasteiger charge is -2.40. The van der Waals surface area contributed by atoms with Crippen LogP contribution >= 0.6 is 11.6 Å². The summed E-state index contributed by atoms with van der Waals surface area (Å²) >= 11 is 6.02. The number of fused-ring (bicyclic) bond motifs is 1. The van der Waals surface area contributed by atoms with Crippen LogP contribution in [0, 0.1) is 0 Å². The van der Waals surface area contributed by atoms with Crippen LogP contribution in [0.2, 0.25) is 5.02 Å². The van der Waals surface area contributed by atoms with Crippen molar-refractivity contribution in [1.29, 1.82) is 0 Å². The van der Waals surface area contributed by atoms with Gasteiger partial charge in [-0.05, 0) is 43.2 Å². The van der Waals surface area contributed by atoms with Crippen molar-refractivity contribution in [3.05, 3.63) is 54.1 Å². The molecule has 0 amide bonds. The zero-order valence-corrected chi connectivity index (χ0v) is 14.2. The molecule has 3 heterocycles. The molecule has 0 aliphatic carbocycles. The maximum Gasteiger partial charge on any atom is 0.330 e. The number of halogens is 1. The average Bonchev–Trinajstić information content (AvgIpc) is 3.16. The number of rotatable bonds is 3. The Morgan fingerprint density at radius 3 is 2.68 bits per heavy atom. The molecule has 6 nitrogen and oxygen atoms in total. The molecule has 4 rings (SSSR count). The standard InChI is InChI=1S/C18H17ClN4O2/c19-14-2-3-15-13(11-14)1-4-16(21-15)22-8-5-18(6-9-22,17(24)25)23-10-7-20-12-23/h1-4,7,10-12H,5-6,8-9H2,(H,24,25). The van der Waals surface area contributed by atoms with Crippen LogP contribution in [-0.4, -0.2) is 38.7 Å². The van der Waals surface area contributed by atoms with Gasteiger partial charge in [0.1, 0.15) is 11.4 Å². The van der Waals surface area contributed by atoms with Gasteiger partial charge < -0.3 is 14.6 Å². The lowest BCUT2D eigenvalue weighted by Crippen LogP contribution is -2.51. The summed E-state index contributed by atoms with van der Waals surface area (Å²) in [5.41, 5.74) is -0.0521. The van der Waals surface area contributed by atoms with E-state index >= 15 is 0 Å². The number of pyridine rings is 1. The van der Waals surface area contributed by atoms with Crippen molar-refractivity contribution in [1.82, 2.24) is 14.5 Å². The predicted octanol–water partition coefficient (Wildman–Crippen LogP) is 3.17. The van der Waals surface area contributed by atoms with Crippen molar-refractivity contribution < 1.29 is 9.90 Å². The molecule has 0 spiro atoms. The Morgan fingerprint density at radius 1 is 1.20 bits per heavy atom. The molecule has 7 heteroatoms. The molecule has 1 N–H and O–H groups in total. The minimum absolute atomic E-state index is 0.499. The van der Waals surface area contributed by atoms with Crippen LogP contribution < -0.4 is 4.90 Å². The van der Waals surface area contributed by atoms with Crippen molar-refractivity contribution in [3.8, 4) is 0 Å². The number of hydrogen-bond donors (Lipinski definition) is 1. The molecule has 1 aliphatic rings. The van der Waals surface area contributed by atoms with Crippen LogP contribution in [0.3, 0.4) is 0 Å². The minimum Gasteiger partial charge on any atom is -0.479 e. The van der Waals surface area contributed by atoms with E-state index in [2.05, 4.69) is 9.88 Å². The van der Waals surface area contributed by atoms with Crippen LogP contribution in [0.1, 0.15) is 12.8 Å². The third-order valence-corrected chi connectivity index (χ3v) is 5.18. The van der Waals surface area contributed by atoms with Gasteiger partial charge in [-0.2, -0.15) is 0 Å². The second-order valence-electron chi connectivity index (χ2n) is 6.30. The summed E-state index contributed by atoms with van der Waals surface area (Å²) in [5.74, 6) is 0.0469. The molecule has 3 aromatic rings. The Hall–Kier alpha value is -2.60. The summed E-state index contributed by atoms with van der Waals surface area (Å²) in [6, 6.07) is 9.57. The third kappa shape index (κ3) is 2.72. The molecule has 25 heavy (non-hydrogen) atoms. The number of carboxylic acids is 1. The fraction of sp³-hybridized carbons (Fsp3) is 0.278. The van der Waals surface area contributed by atoms with E-state index in [1.807, 2.05) is 30.3 Å². The predicted molar refractivity (Wildman–Crippen MR) is 96.0 cm³/mol. The lowest BCUT2D eigenvalue weighted by atomic mass is 9.87. The van der Waals surface area contributed by atoms with Crippen molar-refractivity contribution >= 4 is 34.3 Å². The molecule has 1 aliphatic heterocycles. The molecule has 1 fully saturated rings. The third-order valence-electron chi connectivity index (χ3n) is 4.95. The van der Waals surface area contributed by atoms with Crippen molar-refractivity contribution in [3.63, 3.8) is 0 Å². The van der Waals surface area contributed by atoms with Crippen LogP contribution in [0.15, 0.2) is 49.1 Å². The Bertz CT molecular complexity index is 918. The number of hydrogen-bond acceptors (Lipinski definition) is 4. The maximum atomic E-state index is 11.9. The quantitative estimate of drug-likeness (QED) is 0.780. The summed E-state index contributed by atoms with van der Waals surface area (Å²) in [5, 5.41) is 11.5. The van der Waals surface area contributed by atoms with Gasteiger partial charge in [-0.25, -0.2) is 14.8 Å². The molecule has 0 radical (unpaired) electrons. The van der Waals surface area contributed by atoms with E-state index in [0.29, 0.717) is 31.0 Å². The number of aliphatic carboxylic acids is 1. The number of piperidine rings is 1. The van der Waals surface area contributed by atoms with Crippen LogP contribution in [-0.2, 0) is 10.3 Å². The Labute approximate surface area is 149 Å². The zero-order chi connectivity index (χ0) is 17.4. The summed E-state index contributed by atoms with van der Waals surface area (Å²) in [7, 11) is 0. The topological polar surface area (TPSA) is 71.2 Å². The van der Waals surface area contributed by atoms with E-state index in [1.165, 1.54) is 0 Å². The number of imidazole rings is 1. The summed E-state index contributed by atoms with van der Waals surface area (Å²) in [4.78, 5) is 22.8. The van der Waals surface area contributed by atoms with Crippen molar-refractivity contribution in [2.24, 2.45) is 0 Å². The Morgan fingerprint density at radius 2 is 2.00 bits per heavy atom.